The number of halogens is 3. The third-order valence-corrected chi connectivity index (χ3v) is 6.09. The normalized spacial score (nSPS) is 27.0. The van der Waals surface area contributed by atoms with Crippen LogP contribution in [0.1, 0.15) is 37.7 Å². The Labute approximate surface area is 176 Å². The van der Waals surface area contributed by atoms with E-state index in [-0.39, 0.29) is 48.2 Å². The van der Waals surface area contributed by atoms with Crippen molar-refractivity contribution in [3.63, 3.8) is 0 Å². The third-order valence-electron chi connectivity index (χ3n) is 6.09. The number of nitrogens with one attached hydrogen (secondary N) is 1. The van der Waals surface area contributed by atoms with Gasteiger partial charge in [0, 0.05) is 12.2 Å². The molecule has 31 heavy (non-hydrogen) atoms. The molecule has 3 aliphatic rings. The molecule has 4 rings (SSSR count). The van der Waals surface area contributed by atoms with E-state index in [9.17, 15) is 27.6 Å². The van der Waals surface area contributed by atoms with Gasteiger partial charge >= 0.3 is 12.3 Å². The Morgan fingerprint density at radius 2 is 1.65 bits per heavy atom. The van der Waals surface area contributed by atoms with Crippen LogP contribution in [-0.2, 0) is 25.2 Å². The molecule has 1 aromatic rings. The van der Waals surface area contributed by atoms with Gasteiger partial charge < -0.3 is 9.47 Å². The topological polar surface area (TPSA) is 84.9 Å². The number of carbonyl (C=O) groups is 3. The fourth-order valence-electron chi connectivity index (χ4n) is 4.60. The number of hydrogen-bond donors (Lipinski definition) is 1. The summed E-state index contributed by atoms with van der Waals surface area (Å²) in [5.41, 5.74) is -0.599. The van der Waals surface area contributed by atoms with E-state index in [1.165, 1.54) is 4.90 Å². The summed E-state index contributed by atoms with van der Waals surface area (Å²) in [4.78, 5) is 38.1. The first-order valence-electron chi connectivity index (χ1n) is 10.4. The van der Waals surface area contributed by atoms with Crippen LogP contribution in [0.2, 0.25) is 0 Å². The van der Waals surface area contributed by atoms with Gasteiger partial charge in [-0.25, -0.2) is 4.79 Å². The van der Waals surface area contributed by atoms with Gasteiger partial charge in [0.15, 0.2) is 0 Å². The molecule has 0 aliphatic carbocycles. The summed E-state index contributed by atoms with van der Waals surface area (Å²) in [7, 11) is 0. The van der Waals surface area contributed by atoms with Crippen LogP contribution in [0.15, 0.2) is 24.3 Å². The number of imide groups is 1. The van der Waals surface area contributed by atoms with Crippen LogP contribution in [-0.4, -0.2) is 48.2 Å². The van der Waals surface area contributed by atoms with Gasteiger partial charge in [-0.2, -0.15) is 13.2 Å². The van der Waals surface area contributed by atoms with E-state index in [4.69, 9.17) is 9.47 Å². The van der Waals surface area contributed by atoms with Crippen molar-refractivity contribution >= 4 is 23.6 Å². The van der Waals surface area contributed by atoms with Gasteiger partial charge in [-0.15, -0.1) is 0 Å². The van der Waals surface area contributed by atoms with Gasteiger partial charge in [-0.1, -0.05) is 0 Å². The molecule has 4 unspecified atom stereocenters. The van der Waals surface area contributed by atoms with Crippen LogP contribution in [0.5, 0.6) is 0 Å². The molecule has 7 nitrogen and oxygen atoms in total. The zero-order valence-corrected chi connectivity index (χ0v) is 16.7. The molecule has 4 atom stereocenters. The maximum atomic E-state index is 12.5. The van der Waals surface area contributed by atoms with Crippen molar-refractivity contribution in [2.75, 3.05) is 18.5 Å². The minimum atomic E-state index is -4.44. The van der Waals surface area contributed by atoms with Gasteiger partial charge in [0.05, 0.1) is 36.2 Å². The Bertz CT molecular complexity index is 830. The Morgan fingerprint density at radius 1 is 1.03 bits per heavy atom. The second-order valence-electron chi connectivity index (χ2n) is 8.07. The number of ether oxygens (including phenoxy) is 2. The van der Waals surface area contributed by atoms with Gasteiger partial charge in [-0.3, -0.25) is 19.8 Å². The van der Waals surface area contributed by atoms with E-state index in [1.807, 2.05) is 0 Å². The zero-order chi connectivity index (χ0) is 22.2. The number of hydrogen-bond acceptors (Lipinski definition) is 5. The van der Waals surface area contributed by atoms with Crippen LogP contribution in [0.25, 0.3) is 0 Å². The van der Waals surface area contributed by atoms with Crippen LogP contribution in [0.3, 0.4) is 0 Å². The SMILES string of the molecule is O=C(Nc1ccc(C(F)(F)F)cc1)OCCCCCN1C(=O)C2C3CCC(O3)C2C1=O. The lowest BCUT2D eigenvalue weighted by atomic mass is 9.81. The van der Waals surface area contributed by atoms with E-state index < -0.39 is 17.8 Å². The van der Waals surface area contributed by atoms with Gasteiger partial charge in [0.2, 0.25) is 11.8 Å². The quantitative estimate of drug-likeness (QED) is 0.518. The van der Waals surface area contributed by atoms with E-state index in [1.54, 1.807) is 0 Å². The molecular formula is C21H23F3N2O5. The fraction of sp³-hybridized carbons (Fsp3) is 0.571. The second-order valence-corrected chi connectivity index (χ2v) is 8.07. The van der Waals surface area contributed by atoms with Gasteiger partial charge in [-0.05, 0) is 56.4 Å². The molecule has 0 spiro atoms. The molecule has 0 radical (unpaired) electrons. The summed E-state index contributed by atoms with van der Waals surface area (Å²) in [5.74, 6) is -0.893. The minimum Gasteiger partial charge on any atom is -0.449 e. The molecule has 10 heteroatoms. The molecule has 0 saturated carbocycles. The summed E-state index contributed by atoms with van der Waals surface area (Å²) in [6, 6.07) is 4.06. The standard InChI is InChI=1S/C21H23F3N2O5/c22-21(23,24)12-4-6-13(7-5-12)25-20(29)30-11-3-1-2-10-26-18(27)16-14-8-9-15(31-14)17(16)19(26)28/h4-7,14-17H,1-3,8-11H2,(H,25,29). The lowest BCUT2D eigenvalue weighted by molar-refractivity contribution is -0.142. The van der Waals surface area contributed by atoms with Crippen molar-refractivity contribution in [3.8, 4) is 0 Å². The average molecular weight is 440 g/mol. The molecule has 1 N–H and O–H groups in total. The van der Waals surface area contributed by atoms with E-state index in [2.05, 4.69) is 5.32 Å². The molecule has 1 aromatic carbocycles. The Morgan fingerprint density at radius 3 is 2.23 bits per heavy atom. The van der Waals surface area contributed by atoms with Crippen LogP contribution >= 0.6 is 0 Å². The molecule has 3 aliphatic heterocycles. The number of rotatable bonds is 7. The highest BCUT2D eigenvalue weighted by Gasteiger charge is 2.62. The van der Waals surface area contributed by atoms with Crippen molar-refractivity contribution < 1.29 is 37.0 Å². The number of anilines is 1. The van der Waals surface area contributed by atoms with E-state index in [0.29, 0.717) is 25.8 Å². The van der Waals surface area contributed by atoms with Crippen LogP contribution < -0.4 is 5.32 Å². The molecule has 3 fully saturated rings. The summed E-state index contributed by atoms with van der Waals surface area (Å²) in [6.45, 7) is 0.472. The molecule has 0 aromatic heterocycles. The average Bonchev–Trinajstić information content (AvgIpc) is 3.39. The Hall–Kier alpha value is -2.62. The van der Waals surface area contributed by atoms with Crippen molar-refractivity contribution in [2.45, 2.75) is 50.5 Å². The molecule has 168 valence electrons. The summed E-state index contributed by atoms with van der Waals surface area (Å²) in [5, 5.41) is 2.37. The summed E-state index contributed by atoms with van der Waals surface area (Å²) < 4.78 is 48.3. The smallest absolute Gasteiger partial charge is 0.416 e. The number of likely N-dealkylation sites (tertiary alicyclic amines) is 1. The Kier molecular flexibility index (Phi) is 5.92. The molecular weight excluding hydrogens is 417 g/mol. The molecule has 3 amide bonds. The number of benzene rings is 1. The minimum absolute atomic E-state index is 0.118. The number of nitrogens with zero attached hydrogens (tertiary/aromatic N) is 1. The van der Waals surface area contributed by atoms with Crippen molar-refractivity contribution in [2.24, 2.45) is 11.8 Å². The first-order valence-corrected chi connectivity index (χ1v) is 10.4. The zero-order valence-electron chi connectivity index (χ0n) is 16.7. The van der Waals surface area contributed by atoms with E-state index in [0.717, 1.165) is 37.1 Å². The first kappa shape index (κ1) is 21.6. The summed E-state index contributed by atoms with van der Waals surface area (Å²) in [6.07, 6.45) is -1.95. The highest BCUT2D eigenvalue weighted by molar-refractivity contribution is 6.06. The number of carbonyl (C=O) groups excluding carboxylic acids is 3. The predicted octanol–water partition coefficient (Wildman–Crippen LogP) is 3.59. The monoisotopic (exact) mass is 440 g/mol. The Balaban J connectivity index is 1.12. The lowest BCUT2D eigenvalue weighted by Gasteiger charge is -2.17. The number of fused-ring (bicyclic) bond motifs is 5. The van der Waals surface area contributed by atoms with E-state index >= 15 is 0 Å². The first-order chi connectivity index (χ1) is 14.8. The predicted molar refractivity (Wildman–Crippen MR) is 102 cm³/mol. The number of amides is 3. The second kappa shape index (κ2) is 8.49. The number of unbranched alkanes of at least 4 members (excludes halogenated alkanes) is 2. The van der Waals surface area contributed by atoms with Crippen molar-refractivity contribution in [1.29, 1.82) is 0 Å². The molecule has 3 saturated heterocycles. The van der Waals surface area contributed by atoms with Crippen LogP contribution in [0.4, 0.5) is 23.7 Å². The number of alkyl halides is 3. The highest BCUT2D eigenvalue weighted by Crippen LogP contribution is 2.48. The lowest BCUT2D eigenvalue weighted by Crippen LogP contribution is -2.35. The highest BCUT2D eigenvalue weighted by atomic mass is 19.4. The maximum Gasteiger partial charge on any atom is 0.416 e. The maximum absolute atomic E-state index is 12.5. The van der Waals surface area contributed by atoms with Gasteiger partial charge in [0.25, 0.3) is 0 Å². The van der Waals surface area contributed by atoms with Crippen LogP contribution in [0, 0.1) is 11.8 Å². The van der Waals surface area contributed by atoms with Gasteiger partial charge in [0.1, 0.15) is 0 Å². The molecule has 2 bridgehead atoms. The third kappa shape index (κ3) is 4.39. The largest absolute Gasteiger partial charge is 0.449 e. The van der Waals surface area contributed by atoms with Crippen molar-refractivity contribution in [1.82, 2.24) is 4.90 Å². The fourth-order valence-corrected chi connectivity index (χ4v) is 4.60. The summed E-state index contributed by atoms with van der Waals surface area (Å²) >= 11 is 0. The molecule has 3 heterocycles. The van der Waals surface area contributed by atoms with Crippen molar-refractivity contribution in [3.05, 3.63) is 29.8 Å².